The molecule has 7 atom stereocenters. The SMILES string of the molecule is COc1ccc(C(OC[C@H]2O[C@@H](n3c(=O)n(C(=O)c4ccccc4)c4c(NC(=O)c5ccccc5)ncnc43)[C@@H](OC(=O)c3ccccc3)[C@@H]2O[P@]2O[C@H](CS(=O)(=O)c3ccccc3)[C@@H]3CCCN32)(c2ccccc2)c2ccc(OC)cc2)cc1. The molecule has 2 aromatic heterocycles. The van der Waals surface area contributed by atoms with Crippen molar-refractivity contribution in [3.63, 3.8) is 0 Å². The van der Waals surface area contributed by atoms with Gasteiger partial charge < -0.3 is 38.0 Å². The van der Waals surface area contributed by atoms with Crippen LogP contribution in [0.15, 0.2) is 216 Å². The molecule has 1 amide bonds. The third kappa shape index (κ3) is 11.2. The zero-order chi connectivity index (χ0) is 58.7. The summed E-state index contributed by atoms with van der Waals surface area (Å²) in [7, 11) is -2.90. The zero-order valence-electron chi connectivity index (χ0n) is 46.0. The zero-order valence-corrected chi connectivity index (χ0v) is 47.7. The molecule has 0 aliphatic carbocycles. The largest absolute Gasteiger partial charge is 0.497 e. The van der Waals surface area contributed by atoms with Gasteiger partial charge in [-0.05, 0) is 102 Å². The second-order valence-electron chi connectivity index (χ2n) is 20.4. The Kier molecular flexibility index (Phi) is 16.3. The number of aromatic nitrogens is 4. The molecule has 21 heteroatoms. The highest BCUT2D eigenvalue weighted by Gasteiger charge is 2.57. The van der Waals surface area contributed by atoms with E-state index in [4.69, 9.17) is 32.7 Å². The second-order valence-corrected chi connectivity index (χ2v) is 23.9. The molecule has 0 spiro atoms. The molecule has 0 radical (unpaired) electrons. The first kappa shape index (κ1) is 56.7. The molecule has 0 unspecified atom stereocenters. The molecule has 5 heterocycles. The molecule has 3 aliphatic heterocycles. The highest BCUT2D eigenvalue weighted by atomic mass is 32.2. The van der Waals surface area contributed by atoms with E-state index >= 15 is 4.79 Å². The van der Waals surface area contributed by atoms with Gasteiger partial charge in [-0.1, -0.05) is 127 Å². The van der Waals surface area contributed by atoms with Gasteiger partial charge in [-0.25, -0.2) is 41.8 Å². The molecular formula is C64H57N6O13PS. The van der Waals surface area contributed by atoms with E-state index in [1.54, 1.807) is 123 Å². The average Bonchev–Trinajstić information content (AvgIpc) is 2.30. The molecule has 3 fully saturated rings. The number of fused-ring (bicyclic) bond motifs is 2. The Labute approximate surface area is 490 Å². The Balaban J connectivity index is 1.03. The van der Waals surface area contributed by atoms with Gasteiger partial charge in [0.2, 0.25) is 0 Å². The maximum atomic E-state index is 15.8. The molecule has 19 nitrogen and oxygen atoms in total. The maximum absolute atomic E-state index is 15.8. The summed E-state index contributed by atoms with van der Waals surface area (Å²) in [6.07, 6.45) is -4.32. The number of anilines is 1. The van der Waals surface area contributed by atoms with E-state index in [1.807, 2.05) is 83.5 Å². The number of sulfone groups is 1. The number of carbonyl (C=O) groups excluding carboxylic acids is 3. The number of rotatable bonds is 19. The van der Waals surface area contributed by atoms with Gasteiger partial charge in [0, 0.05) is 23.7 Å². The number of amides is 1. The highest BCUT2D eigenvalue weighted by molar-refractivity contribution is 7.91. The van der Waals surface area contributed by atoms with E-state index in [9.17, 15) is 22.8 Å². The van der Waals surface area contributed by atoms with Gasteiger partial charge in [0.05, 0.1) is 43.1 Å². The third-order valence-electron chi connectivity index (χ3n) is 15.4. The van der Waals surface area contributed by atoms with Crippen LogP contribution >= 0.6 is 8.53 Å². The first-order chi connectivity index (χ1) is 41.4. The number of hydrogen-bond donors (Lipinski definition) is 1. The lowest BCUT2D eigenvalue weighted by atomic mass is 9.80. The van der Waals surface area contributed by atoms with E-state index in [-0.39, 0.29) is 57.0 Å². The fourth-order valence-corrected chi connectivity index (χ4v) is 14.9. The van der Waals surface area contributed by atoms with Crippen molar-refractivity contribution in [3.8, 4) is 11.5 Å². The Morgan fingerprint density at radius 3 is 1.82 bits per heavy atom. The van der Waals surface area contributed by atoms with Crippen LogP contribution in [0.2, 0.25) is 0 Å². The molecule has 12 rings (SSSR count). The maximum Gasteiger partial charge on any atom is 0.339 e. The molecule has 3 saturated heterocycles. The summed E-state index contributed by atoms with van der Waals surface area (Å²) >= 11 is 0. The van der Waals surface area contributed by atoms with Gasteiger partial charge in [0.25, 0.3) is 20.3 Å². The number of methoxy groups -OCH3 is 2. The summed E-state index contributed by atoms with van der Waals surface area (Å²) in [5.74, 6) is -1.56. The topological polar surface area (TPSA) is 218 Å². The standard InChI is InChI=1S/C64H57N6O13PS/c1-77-48-34-30-46(31-35-48)64(45-25-14-6-15-26-45,47-32-36-49(78-2)37-33-47)79-39-52-55(83-84-68-38-18-29-51(68)53(82-84)40-85(75,76)50-27-16-7-17-28-50)56(81-62(73)44-23-12-5-13-24-44)61(80-52)70-58-54(69(63(70)74)60(72)43-21-10-4-11-22-43)57(65-41-66-58)67-59(71)42-19-8-3-9-20-42/h3-17,19-28,30-37,41,51-53,55-56,61H,18,29,38-40H2,1-2H3,(H,65,66,67,71)/t51-,52+,53+,55+,56-,61+,84-/m0/s1. The normalized spacial score (nSPS) is 20.4. The lowest BCUT2D eigenvalue weighted by molar-refractivity contribution is -0.0937. The highest BCUT2D eigenvalue weighted by Crippen LogP contribution is 2.58. The van der Waals surface area contributed by atoms with Crippen molar-refractivity contribution in [1.82, 2.24) is 23.8 Å². The molecule has 0 saturated carbocycles. The van der Waals surface area contributed by atoms with Crippen molar-refractivity contribution >= 4 is 53.1 Å². The molecule has 0 bridgehead atoms. The lowest BCUT2D eigenvalue weighted by Gasteiger charge is -2.37. The number of nitrogens with one attached hydrogen (secondary N) is 1. The predicted molar refractivity (Wildman–Crippen MR) is 315 cm³/mol. The van der Waals surface area contributed by atoms with Gasteiger partial charge in [0.1, 0.15) is 41.2 Å². The van der Waals surface area contributed by atoms with Crippen LogP contribution in [-0.4, -0.2) is 114 Å². The number of hydrogen-bond acceptors (Lipinski definition) is 16. The van der Waals surface area contributed by atoms with Crippen molar-refractivity contribution in [2.24, 2.45) is 0 Å². The fraction of sp³-hybridized carbons (Fsp3) is 0.219. The van der Waals surface area contributed by atoms with Crippen LogP contribution < -0.4 is 20.5 Å². The number of esters is 1. The molecular weight excluding hydrogens is 1120 g/mol. The number of benzene rings is 7. The number of carbonyl (C=O) groups is 3. The molecule has 7 aromatic carbocycles. The van der Waals surface area contributed by atoms with Crippen LogP contribution in [0.25, 0.3) is 11.2 Å². The smallest absolute Gasteiger partial charge is 0.339 e. The number of imidazole rings is 1. The van der Waals surface area contributed by atoms with E-state index < -0.39 is 78.1 Å². The Bertz CT molecular complexity index is 3970. The molecule has 3 aliphatic rings. The molecule has 85 heavy (non-hydrogen) atoms. The summed E-state index contributed by atoms with van der Waals surface area (Å²) in [6, 6.07) is 56.9. The van der Waals surface area contributed by atoms with Gasteiger partial charge in [-0.2, -0.15) is 0 Å². The summed E-state index contributed by atoms with van der Waals surface area (Å²) in [5, 5.41) is 2.80. The van der Waals surface area contributed by atoms with Gasteiger partial charge >= 0.3 is 11.7 Å². The Morgan fingerprint density at radius 1 is 0.671 bits per heavy atom. The third-order valence-corrected chi connectivity index (χ3v) is 19.0. The number of nitrogens with zero attached hydrogens (tertiary/aromatic N) is 5. The van der Waals surface area contributed by atoms with Crippen LogP contribution in [-0.2, 0) is 38.7 Å². The van der Waals surface area contributed by atoms with E-state index in [0.717, 1.165) is 15.5 Å². The van der Waals surface area contributed by atoms with Crippen molar-refractivity contribution in [2.45, 2.75) is 60.0 Å². The average molecular weight is 1180 g/mol. The van der Waals surface area contributed by atoms with Gasteiger partial charge in [-0.3, -0.25) is 9.59 Å². The first-order valence-electron chi connectivity index (χ1n) is 27.5. The van der Waals surface area contributed by atoms with Gasteiger partial charge in [-0.15, -0.1) is 0 Å². The van der Waals surface area contributed by atoms with Crippen LogP contribution in [0.3, 0.4) is 0 Å². The van der Waals surface area contributed by atoms with E-state index in [0.29, 0.717) is 47.6 Å². The molecule has 1 N–H and O–H groups in total. The van der Waals surface area contributed by atoms with Crippen LogP contribution in [0.1, 0.15) is 66.8 Å². The first-order valence-corrected chi connectivity index (χ1v) is 30.3. The van der Waals surface area contributed by atoms with Gasteiger partial charge in [0.15, 0.2) is 33.6 Å². The van der Waals surface area contributed by atoms with Crippen LogP contribution in [0.5, 0.6) is 11.5 Å². The van der Waals surface area contributed by atoms with E-state index in [1.165, 1.54) is 12.1 Å². The minimum absolute atomic E-state index is 0.110. The summed E-state index contributed by atoms with van der Waals surface area (Å²) in [6.45, 7) is 0.134. The monoisotopic (exact) mass is 1180 g/mol. The Hall–Kier alpha value is -8.72. The fourth-order valence-electron chi connectivity index (χ4n) is 11.3. The van der Waals surface area contributed by atoms with Crippen molar-refractivity contribution in [3.05, 3.63) is 250 Å². The number of ether oxygens (including phenoxy) is 5. The predicted octanol–water partition coefficient (Wildman–Crippen LogP) is 9.63. The molecule has 9 aromatic rings. The summed E-state index contributed by atoms with van der Waals surface area (Å²) in [5.41, 5.74) is -0.219. The minimum Gasteiger partial charge on any atom is -0.497 e. The van der Waals surface area contributed by atoms with Crippen LogP contribution in [0.4, 0.5) is 5.82 Å². The molecule has 432 valence electrons. The lowest BCUT2D eigenvalue weighted by Crippen LogP contribution is -2.43. The second kappa shape index (κ2) is 24.5. The minimum atomic E-state index is -3.87. The summed E-state index contributed by atoms with van der Waals surface area (Å²) in [4.78, 5) is 68.8. The van der Waals surface area contributed by atoms with Crippen molar-refractivity contribution in [1.29, 1.82) is 0 Å². The quantitative estimate of drug-likeness (QED) is 0.0453. The van der Waals surface area contributed by atoms with E-state index in [2.05, 4.69) is 15.3 Å². The Morgan fingerprint density at radius 2 is 1.22 bits per heavy atom. The van der Waals surface area contributed by atoms with Crippen LogP contribution in [0, 0.1) is 0 Å². The van der Waals surface area contributed by atoms with Crippen molar-refractivity contribution in [2.75, 3.05) is 38.4 Å². The summed E-state index contributed by atoms with van der Waals surface area (Å²) < 4.78 is 78.8. The van der Waals surface area contributed by atoms with Crippen molar-refractivity contribution < 1.29 is 55.5 Å².